The molecule has 0 spiro atoms. The van der Waals surface area contributed by atoms with Crippen LogP contribution in [-0.4, -0.2) is 63.1 Å². The Hall–Kier alpha value is -3.77. The fourth-order valence-electron chi connectivity index (χ4n) is 3.81. The molecule has 2 N–H and O–H groups in total. The first-order valence-electron chi connectivity index (χ1n) is 10.1. The molecule has 0 saturated carbocycles. The van der Waals surface area contributed by atoms with E-state index in [0.717, 1.165) is 0 Å². The molecule has 158 valence electrons. The predicted molar refractivity (Wildman–Crippen MR) is 114 cm³/mol. The number of amides is 1. The Labute approximate surface area is 178 Å². The number of nitrogens with one attached hydrogen (secondary N) is 1. The molecule has 9 heteroatoms. The van der Waals surface area contributed by atoms with Crippen LogP contribution in [0.15, 0.2) is 47.4 Å². The molecule has 3 aromatic rings. The number of aliphatic hydroxyl groups is 1. The van der Waals surface area contributed by atoms with Gasteiger partial charge in [0.25, 0.3) is 5.56 Å². The second-order valence-electron chi connectivity index (χ2n) is 7.42. The van der Waals surface area contributed by atoms with Crippen molar-refractivity contribution in [2.75, 3.05) is 31.1 Å². The van der Waals surface area contributed by atoms with Gasteiger partial charge in [-0.15, -0.1) is 0 Å². The number of benzene rings is 1. The number of hydrogen-bond donors (Lipinski definition) is 2. The van der Waals surface area contributed by atoms with Crippen LogP contribution in [0.1, 0.15) is 17.8 Å². The lowest BCUT2D eigenvalue weighted by Gasteiger charge is -2.41. The molecule has 0 radical (unpaired) electrons. The number of aromatic nitrogens is 3. The highest BCUT2D eigenvalue weighted by Crippen LogP contribution is 2.18. The van der Waals surface area contributed by atoms with Gasteiger partial charge >= 0.3 is 0 Å². The number of anilines is 1. The molecule has 2 aromatic heterocycles. The van der Waals surface area contributed by atoms with Gasteiger partial charge in [0.2, 0.25) is 5.91 Å². The summed E-state index contributed by atoms with van der Waals surface area (Å²) >= 11 is 0. The second kappa shape index (κ2) is 8.93. The number of carbonyl (C=O) groups excluding carboxylic acids is 1. The summed E-state index contributed by atoms with van der Waals surface area (Å²) in [6.07, 6.45) is 2.01. The third-order valence-electron chi connectivity index (χ3n) is 5.45. The zero-order valence-corrected chi connectivity index (χ0v) is 16.9. The maximum Gasteiger partial charge on any atom is 0.258 e. The van der Waals surface area contributed by atoms with Gasteiger partial charge in [0.15, 0.2) is 0 Å². The van der Waals surface area contributed by atoms with Crippen LogP contribution >= 0.6 is 0 Å². The zero-order chi connectivity index (χ0) is 21.8. The van der Waals surface area contributed by atoms with Crippen molar-refractivity contribution in [1.82, 2.24) is 19.9 Å². The number of pyridine rings is 1. The SMILES string of the molecule is N#Cc1ccc(N2CCN(C(=O)CCc3nc4ccccc4c(=O)[nH]3)[C@H](CO)C2)nc1. The summed E-state index contributed by atoms with van der Waals surface area (Å²) in [7, 11) is 0. The number of carbonyl (C=O) groups is 1. The molecule has 1 saturated heterocycles. The van der Waals surface area contributed by atoms with E-state index in [1.54, 1.807) is 35.2 Å². The Balaban J connectivity index is 1.40. The normalized spacial score (nSPS) is 16.3. The molecule has 9 nitrogen and oxygen atoms in total. The average Bonchev–Trinajstić information content (AvgIpc) is 2.82. The van der Waals surface area contributed by atoms with Crippen molar-refractivity contribution in [2.24, 2.45) is 0 Å². The summed E-state index contributed by atoms with van der Waals surface area (Å²) in [6.45, 7) is 1.31. The lowest BCUT2D eigenvalue weighted by atomic mass is 10.1. The van der Waals surface area contributed by atoms with Crippen LogP contribution < -0.4 is 10.5 Å². The van der Waals surface area contributed by atoms with Crippen molar-refractivity contribution >= 4 is 22.6 Å². The number of H-pyrrole nitrogens is 1. The van der Waals surface area contributed by atoms with E-state index in [-0.39, 0.29) is 30.5 Å². The molecule has 1 aliphatic rings. The quantitative estimate of drug-likeness (QED) is 0.628. The lowest BCUT2D eigenvalue weighted by Crippen LogP contribution is -2.57. The van der Waals surface area contributed by atoms with Crippen molar-refractivity contribution in [3.63, 3.8) is 0 Å². The third-order valence-corrected chi connectivity index (χ3v) is 5.45. The number of fused-ring (bicyclic) bond motifs is 1. The van der Waals surface area contributed by atoms with Gasteiger partial charge in [-0.05, 0) is 24.3 Å². The van der Waals surface area contributed by atoms with Crippen molar-refractivity contribution in [2.45, 2.75) is 18.9 Å². The highest BCUT2D eigenvalue weighted by molar-refractivity contribution is 5.78. The Kier molecular flexibility index (Phi) is 5.91. The predicted octanol–water partition coefficient (Wildman–Crippen LogP) is 0.832. The number of aliphatic hydroxyl groups excluding tert-OH is 1. The van der Waals surface area contributed by atoms with E-state index < -0.39 is 0 Å². The van der Waals surface area contributed by atoms with Crippen LogP contribution in [-0.2, 0) is 11.2 Å². The molecule has 0 unspecified atom stereocenters. The van der Waals surface area contributed by atoms with E-state index in [9.17, 15) is 14.7 Å². The molecular formula is C22H22N6O3. The van der Waals surface area contributed by atoms with Crippen LogP contribution in [0, 0.1) is 11.3 Å². The molecular weight excluding hydrogens is 396 g/mol. The summed E-state index contributed by atoms with van der Waals surface area (Å²) in [6, 6.07) is 12.2. The van der Waals surface area contributed by atoms with E-state index in [1.165, 1.54) is 6.20 Å². The standard InChI is InChI=1S/C22H22N6O3/c23-11-15-5-7-20(24-12-15)27-9-10-28(16(13-27)14-29)21(30)8-6-19-25-18-4-2-1-3-17(18)22(31)26-19/h1-5,7,12,16,29H,6,8-10,13-14H2,(H,25,26,31)/t16-/m0/s1. The average molecular weight is 418 g/mol. The smallest absolute Gasteiger partial charge is 0.258 e. The Morgan fingerprint density at radius 1 is 1.26 bits per heavy atom. The third kappa shape index (κ3) is 4.39. The van der Waals surface area contributed by atoms with Gasteiger partial charge in [-0.1, -0.05) is 12.1 Å². The van der Waals surface area contributed by atoms with Crippen molar-refractivity contribution in [1.29, 1.82) is 5.26 Å². The van der Waals surface area contributed by atoms with E-state index in [2.05, 4.69) is 15.0 Å². The van der Waals surface area contributed by atoms with Gasteiger partial charge in [0.1, 0.15) is 17.7 Å². The molecule has 0 aliphatic carbocycles. The van der Waals surface area contributed by atoms with Crippen molar-refractivity contribution in [3.05, 3.63) is 64.3 Å². The maximum atomic E-state index is 12.8. The molecule has 1 aromatic carbocycles. The van der Waals surface area contributed by atoms with Gasteiger partial charge in [0, 0.05) is 38.7 Å². The highest BCUT2D eigenvalue weighted by atomic mass is 16.3. The minimum Gasteiger partial charge on any atom is -0.394 e. The molecule has 1 amide bonds. The number of aromatic amines is 1. The minimum atomic E-state index is -0.359. The molecule has 1 atom stereocenters. The molecule has 4 rings (SSSR count). The minimum absolute atomic E-state index is 0.0951. The first-order chi connectivity index (χ1) is 15.1. The summed E-state index contributed by atoms with van der Waals surface area (Å²) in [5, 5.41) is 19.3. The van der Waals surface area contributed by atoms with Crippen molar-refractivity contribution < 1.29 is 9.90 Å². The highest BCUT2D eigenvalue weighted by Gasteiger charge is 2.30. The fourth-order valence-corrected chi connectivity index (χ4v) is 3.81. The Bertz CT molecular complexity index is 1180. The van der Waals surface area contributed by atoms with Crippen molar-refractivity contribution in [3.8, 4) is 6.07 Å². The lowest BCUT2D eigenvalue weighted by molar-refractivity contribution is -0.134. The van der Waals surface area contributed by atoms with Gasteiger partial charge < -0.3 is 19.9 Å². The number of nitrogens with zero attached hydrogens (tertiary/aromatic N) is 5. The summed E-state index contributed by atoms with van der Waals surface area (Å²) in [4.78, 5) is 40.2. The Morgan fingerprint density at radius 2 is 2.10 bits per heavy atom. The first kappa shape index (κ1) is 20.5. The van der Waals surface area contributed by atoms with Crippen LogP contribution in [0.5, 0.6) is 0 Å². The molecule has 0 bridgehead atoms. The molecule has 1 fully saturated rings. The van der Waals surface area contributed by atoms with Gasteiger partial charge in [-0.3, -0.25) is 9.59 Å². The van der Waals surface area contributed by atoms with Gasteiger partial charge in [-0.25, -0.2) is 9.97 Å². The number of piperazine rings is 1. The molecule has 1 aliphatic heterocycles. The maximum absolute atomic E-state index is 12.8. The largest absolute Gasteiger partial charge is 0.394 e. The Morgan fingerprint density at radius 3 is 2.84 bits per heavy atom. The monoisotopic (exact) mass is 418 g/mol. The number of rotatable bonds is 5. The van der Waals surface area contributed by atoms with E-state index in [0.29, 0.717) is 54.2 Å². The van der Waals surface area contributed by atoms with Gasteiger partial charge in [-0.2, -0.15) is 5.26 Å². The number of nitriles is 1. The van der Waals surface area contributed by atoms with Crippen LogP contribution in [0.3, 0.4) is 0 Å². The van der Waals surface area contributed by atoms with Crippen LogP contribution in [0.4, 0.5) is 5.82 Å². The van der Waals surface area contributed by atoms with E-state index in [1.807, 2.05) is 17.0 Å². The first-order valence-corrected chi connectivity index (χ1v) is 10.1. The number of para-hydroxylation sites is 1. The van der Waals surface area contributed by atoms with Gasteiger partial charge in [0.05, 0.1) is 29.1 Å². The van der Waals surface area contributed by atoms with E-state index in [4.69, 9.17) is 5.26 Å². The van der Waals surface area contributed by atoms with Crippen LogP contribution in [0.2, 0.25) is 0 Å². The zero-order valence-electron chi connectivity index (χ0n) is 16.9. The molecule has 3 heterocycles. The summed E-state index contributed by atoms with van der Waals surface area (Å²) < 4.78 is 0. The summed E-state index contributed by atoms with van der Waals surface area (Å²) in [5.74, 6) is 1.09. The fraction of sp³-hybridized carbons (Fsp3) is 0.318. The number of hydrogen-bond acceptors (Lipinski definition) is 7. The topological polar surface area (TPSA) is 126 Å². The van der Waals surface area contributed by atoms with E-state index >= 15 is 0 Å². The second-order valence-corrected chi connectivity index (χ2v) is 7.42. The summed E-state index contributed by atoms with van der Waals surface area (Å²) in [5.41, 5.74) is 0.867. The van der Waals surface area contributed by atoms with Crippen LogP contribution in [0.25, 0.3) is 10.9 Å². The number of aryl methyl sites for hydroxylation is 1. The molecule has 31 heavy (non-hydrogen) atoms.